The highest BCUT2D eigenvalue weighted by molar-refractivity contribution is 5.96. The second-order valence-corrected chi connectivity index (χ2v) is 8.39. The van der Waals surface area contributed by atoms with Crippen molar-refractivity contribution < 1.29 is 0 Å². The van der Waals surface area contributed by atoms with Crippen molar-refractivity contribution in [1.82, 2.24) is 33.9 Å². The third kappa shape index (κ3) is 3.54. The van der Waals surface area contributed by atoms with E-state index in [9.17, 15) is 4.79 Å². The molecule has 0 radical (unpaired) electrons. The van der Waals surface area contributed by atoms with E-state index in [0.29, 0.717) is 16.9 Å². The third-order valence-corrected chi connectivity index (χ3v) is 6.10. The lowest BCUT2D eigenvalue weighted by Crippen LogP contribution is -2.26. The van der Waals surface area contributed by atoms with E-state index in [1.54, 1.807) is 32.4 Å². The molecule has 0 saturated heterocycles. The highest BCUT2D eigenvalue weighted by Gasteiger charge is 2.20. The molecule has 6 rings (SSSR count). The number of nitrogens with zero attached hydrogens (tertiary/aromatic N) is 7. The van der Waals surface area contributed by atoms with Gasteiger partial charge in [-0.2, -0.15) is 10.2 Å². The van der Waals surface area contributed by atoms with Crippen LogP contribution in [0.3, 0.4) is 0 Å². The molecule has 9 nitrogen and oxygen atoms in total. The number of aryl methyl sites for hydroxylation is 1. The number of para-hydroxylation sites is 1. The molecule has 0 fully saturated rings. The number of aromatic nitrogens is 7. The quantitative estimate of drug-likeness (QED) is 0.416. The van der Waals surface area contributed by atoms with Crippen molar-refractivity contribution in [3.63, 3.8) is 0 Å². The molecule has 172 valence electrons. The lowest BCUT2D eigenvalue weighted by molar-refractivity contribution is 0.768. The topological polar surface area (TPSA) is 94.9 Å². The normalized spacial score (nSPS) is 12.3. The van der Waals surface area contributed by atoms with Crippen molar-refractivity contribution in [2.75, 3.05) is 5.32 Å². The molecule has 1 N–H and O–H groups in total. The second-order valence-electron chi connectivity index (χ2n) is 8.39. The predicted molar refractivity (Wildman–Crippen MR) is 135 cm³/mol. The highest BCUT2D eigenvalue weighted by Crippen LogP contribution is 2.30. The first-order valence-corrected chi connectivity index (χ1v) is 11.2. The predicted octanol–water partition coefficient (Wildman–Crippen LogP) is 4.00. The van der Waals surface area contributed by atoms with E-state index < -0.39 is 0 Å². The number of imidazole rings is 1. The van der Waals surface area contributed by atoms with E-state index in [1.165, 1.54) is 6.33 Å². The van der Waals surface area contributed by atoms with Crippen molar-refractivity contribution in [3.8, 4) is 16.8 Å². The Kier molecular flexibility index (Phi) is 4.88. The summed E-state index contributed by atoms with van der Waals surface area (Å²) in [6.07, 6.45) is 8.63. The molecule has 0 aliphatic rings. The van der Waals surface area contributed by atoms with Gasteiger partial charge in [0, 0.05) is 42.6 Å². The van der Waals surface area contributed by atoms with Crippen molar-refractivity contribution in [1.29, 1.82) is 0 Å². The van der Waals surface area contributed by atoms with Gasteiger partial charge in [0.05, 0.1) is 17.6 Å². The number of hydrogen-bond donors (Lipinski definition) is 1. The van der Waals surface area contributed by atoms with Gasteiger partial charge in [-0.05, 0) is 36.1 Å². The Balaban J connectivity index is 1.57. The number of pyridine rings is 1. The fourth-order valence-electron chi connectivity index (χ4n) is 4.48. The van der Waals surface area contributed by atoms with E-state index in [1.807, 2.05) is 68.7 Å². The molecule has 4 aromatic heterocycles. The molecule has 0 amide bonds. The van der Waals surface area contributed by atoms with Crippen LogP contribution in [0.1, 0.15) is 18.7 Å². The largest absolute Gasteiger partial charge is 0.359 e. The van der Waals surface area contributed by atoms with Crippen LogP contribution in [0.15, 0.2) is 90.5 Å². The van der Waals surface area contributed by atoms with Gasteiger partial charge < -0.3 is 5.32 Å². The average molecular weight is 463 g/mol. The Labute approximate surface area is 200 Å². The molecule has 35 heavy (non-hydrogen) atoms. The summed E-state index contributed by atoms with van der Waals surface area (Å²) in [4.78, 5) is 22.9. The maximum absolute atomic E-state index is 14.1. The molecule has 0 aliphatic heterocycles. The Morgan fingerprint density at radius 3 is 2.66 bits per heavy atom. The molecule has 2 aromatic carbocycles. The first-order valence-electron chi connectivity index (χ1n) is 11.2. The summed E-state index contributed by atoms with van der Waals surface area (Å²) < 4.78 is 5.17. The lowest BCUT2D eigenvalue weighted by atomic mass is 10.00. The van der Waals surface area contributed by atoms with Gasteiger partial charge in [-0.15, -0.1) is 0 Å². The molecular formula is C26H22N8O. The molecule has 0 spiro atoms. The van der Waals surface area contributed by atoms with Gasteiger partial charge >= 0.3 is 0 Å². The van der Waals surface area contributed by atoms with E-state index in [2.05, 4.69) is 31.5 Å². The molecule has 9 heteroatoms. The van der Waals surface area contributed by atoms with Crippen LogP contribution in [-0.2, 0) is 7.05 Å². The number of fused-ring (bicyclic) bond motifs is 2. The van der Waals surface area contributed by atoms with Crippen LogP contribution in [0, 0.1) is 0 Å². The van der Waals surface area contributed by atoms with Gasteiger partial charge in [-0.3, -0.25) is 14.0 Å². The Morgan fingerprint density at radius 2 is 1.86 bits per heavy atom. The molecule has 4 heterocycles. The minimum atomic E-state index is -0.259. The molecular weight excluding hydrogens is 440 g/mol. The zero-order valence-electron chi connectivity index (χ0n) is 19.2. The molecule has 0 unspecified atom stereocenters. The summed E-state index contributed by atoms with van der Waals surface area (Å²) in [6.45, 7) is 2.01. The van der Waals surface area contributed by atoms with E-state index in [4.69, 9.17) is 0 Å². The minimum Gasteiger partial charge on any atom is -0.359 e. The smallest absolute Gasteiger partial charge is 0.263 e. The summed E-state index contributed by atoms with van der Waals surface area (Å²) in [6, 6.07) is 17.4. The first-order chi connectivity index (χ1) is 17.1. The zero-order chi connectivity index (χ0) is 23.9. The molecule has 1 atom stereocenters. The fraction of sp³-hybridized carbons (Fsp3) is 0.115. The molecule has 0 bridgehead atoms. The average Bonchev–Trinajstić information content (AvgIpc) is 3.53. The maximum atomic E-state index is 14.1. The number of anilines is 1. The van der Waals surface area contributed by atoms with Crippen LogP contribution in [0.2, 0.25) is 0 Å². The summed E-state index contributed by atoms with van der Waals surface area (Å²) in [5.41, 5.74) is 3.87. The van der Waals surface area contributed by atoms with Gasteiger partial charge in [-0.1, -0.05) is 36.4 Å². The molecule has 0 aliphatic carbocycles. The van der Waals surface area contributed by atoms with Gasteiger partial charge in [-0.25, -0.2) is 14.5 Å². The lowest BCUT2D eigenvalue weighted by Gasteiger charge is -2.22. The summed E-state index contributed by atoms with van der Waals surface area (Å²) >= 11 is 0. The van der Waals surface area contributed by atoms with E-state index >= 15 is 0 Å². The number of nitrogens with one attached hydrogen (secondary N) is 1. The Hall–Kier alpha value is -4.79. The van der Waals surface area contributed by atoms with Crippen molar-refractivity contribution in [3.05, 3.63) is 102 Å². The van der Waals surface area contributed by atoms with Crippen molar-refractivity contribution in [2.24, 2.45) is 7.05 Å². The second kappa shape index (κ2) is 8.21. The number of rotatable bonds is 5. The van der Waals surface area contributed by atoms with Crippen molar-refractivity contribution in [2.45, 2.75) is 13.0 Å². The van der Waals surface area contributed by atoms with Gasteiger partial charge in [0.25, 0.3) is 5.56 Å². The van der Waals surface area contributed by atoms with Gasteiger partial charge in [0.2, 0.25) is 0 Å². The number of hydrogen-bond acceptors (Lipinski definition) is 6. The first kappa shape index (κ1) is 20.8. The SMILES string of the molecule is C[C@@H](Nc1ncnn2ccnc12)c1cc2cccc(-c3cnn(C)c3)c2c(=O)n1-c1ccccc1. The standard InChI is InChI=1S/C26H22N8O/c1-17(31-24-25-27-11-12-33(25)30-16-28-24)22-13-18-7-6-10-21(19-14-29-32(2)15-19)23(18)26(35)34(22)20-8-4-3-5-9-20/h3-17H,1-2H3,(H,28,30,31)/t17-/m1/s1. The van der Waals surface area contributed by atoms with Gasteiger partial charge in [0.1, 0.15) is 6.33 Å². The Bertz CT molecular complexity index is 1730. The Morgan fingerprint density at radius 1 is 1.00 bits per heavy atom. The van der Waals surface area contributed by atoms with Crippen LogP contribution < -0.4 is 10.9 Å². The fourth-order valence-corrected chi connectivity index (χ4v) is 4.48. The third-order valence-electron chi connectivity index (χ3n) is 6.10. The molecule has 0 saturated carbocycles. The summed E-state index contributed by atoms with van der Waals surface area (Å²) in [5, 5.41) is 13.4. The zero-order valence-corrected chi connectivity index (χ0v) is 19.2. The van der Waals surface area contributed by atoms with Gasteiger partial charge in [0.15, 0.2) is 11.5 Å². The monoisotopic (exact) mass is 462 g/mol. The summed E-state index contributed by atoms with van der Waals surface area (Å²) in [7, 11) is 1.87. The maximum Gasteiger partial charge on any atom is 0.263 e. The van der Waals surface area contributed by atoms with E-state index in [-0.39, 0.29) is 11.6 Å². The van der Waals surface area contributed by atoms with Crippen LogP contribution in [0.5, 0.6) is 0 Å². The summed E-state index contributed by atoms with van der Waals surface area (Å²) in [5.74, 6) is 0.591. The van der Waals surface area contributed by atoms with Crippen molar-refractivity contribution >= 4 is 22.2 Å². The highest BCUT2D eigenvalue weighted by atomic mass is 16.1. The minimum absolute atomic E-state index is 0.0922. The van der Waals surface area contributed by atoms with Crippen LogP contribution in [0.25, 0.3) is 33.2 Å². The molecule has 6 aromatic rings. The van der Waals surface area contributed by atoms with E-state index in [0.717, 1.165) is 27.9 Å². The van der Waals surface area contributed by atoms with Crippen LogP contribution in [-0.4, -0.2) is 33.9 Å². The van der Waals surface area contributed by atoms with Crippen LogP contribution >= 0.6 is 0 Å². The van der Waals surface area contributed by atoms with Crippen LogP contribution in [0.4, 0.5) is 5.82 Å². The number of benzene rings is 2.